The number of nitrogens with one attached hydrogen (secondary N) is 1. The average molecular weight is 219 g/mol. The van der Waals surface area contributed by atoms with Crippen molar-refractivity contribution >= 4 is 0 Å². The van der Waals surface area contributed by atoms with Crippen molar-refractivity contribution in [1.29, 1.82) is 0 Å². The molecule has 0 aliphatic heterocycles. The van der Waals surface area contributed by atoms with E-state index in [2.05, 4.69) is 15.5 Å². The second-order valence-corrected chi connectivity index (χ2v) is 3.24. The van der Waals surface area contributed by atoms with E-state index in [1.54, 1.807) is 19.4 Å². The van der Waals surface area contributed by atoms with Gasteiger partial charge in [0.25, 0.3) is 0 Å². The van der Waals surface area contributed by atoms with Crippen LogP contribution in [0, 0.1) is 0 Å². The van der Waals surface area contributed by atoms with Crippen LogP contribution in [-0.4, -0.2) is 24.4 Å². The zero-order valence-corrected chi connectivity index (χ0v) is 9.18. The molecule has 0 amide bonds. The Hall–Kier alpha value is -1.88. The van der Waals surface area contributed by atoms with Crippen LogP contribution in [0.15, 0.2) is 34.9 Å². The van der Waals surface area contributed by atoms with Crippen LogP contribution in [0.3, 0.4) is 0 Å². The van der Waals surface area contributed by atoms with E-state index in [-0.39, 0.29) is 6.04 Å². The Balaban J connectivity index is 2.27. The number of aromatic nitrogens is 2. The fourth-order valence-corrected chi connectivity index (χ4v) is 1.48. The third-order valence-corrected chi connectivity index (χ3v) is 2.28. The number of ether oxygens (including phenoxy) is 1. The van der Waals surface area contributed by atoms with Crippen molar-refractivity contribution in [2.24, 2.45) is 0 Å². The minimum atomic E-state index is -0.0894. The van der Waals surface area contributed by atoms with Crippen molar-refractivity contribution < 1.29 is 9.15 Å². The van der Waals surface area contributed by atoms with Crippen LogP contribution in [0.1, 0.15) is 17.5 Å². The molecular formula is C11H13N3O2. The second-order valence-electron chi connectivity index (χ2n) is 3.24. The molecule has 5 nitrogen and oxygen atoms in total. The first-order valence-electron chi connectivity index (χ1n) is 4.93. The Morgan fingerprint density at radius 3 is 2.69 bits per heavy atom. The Morgan fingerprint density at radius 1 is 1.31 bits per heavy atom. The standard InChI is InChI=1S/C11H13N3O2/c1-12-11(9-4-3-7-16-9)8-5-6-10(15-2)14-13-8/h3-7,11-12H,1-2H3. The zero-order valence-electron chi connectivity index (χ0n) is 9.18. The first-order chi connectivity index (χ1) is 7.85. The molecule has 16 heavy (non-hydrogen) atoms. The van der Waals surface area contributed by atoms with Crippen LogP contribution in [0.5, 0.6) is 5.88 Å². The molecule has 0 aromatic carbocycles. The van der Waals surface area contributed by atoms with E-state index in [1.807, 2.05) is 25.2 Å². The molecule has 5 heteroatoms. The first-order valence-corrected chi connectivity index (χ1v) is 4.93. The van der Waals surface area contributed by atoms with Crippen molar-refractivity contribution in [1.82, 2.24) is 15.5 Å². The molecule has 0 spiro atoms. The summed E-state index contributed by atoms with van der Waals surface area (Å²) in [4.78, 5) is 0. The second kappa shape index (κ2) is 4.76. The molecular weight excluding hydrogens is 206 g/mol. The van der Waals surface area contributed by atoms with Crippen LogP contribution in [0.4, 0.5) is 0 Å². The highest BCUT2D eigenvalue weighted by Crippen LogP contribution is 2.20. The Kier molecular flexibility index (Phi) is 3.16. The Morgan fingerprint density at radius 2 is 2.19 bits per heavy atom. The molecule has 1 atom stereocenters. The van der Waals surface area contributed by atoms with E-state index in [9.17, 15) is 0 Å². The summed E-state index contributed by atoms with van der Waals surface area (Å²) in [5.74, 6) is 1.31. The van der Waals surface area contributed by atoms with E-state index in [0.717, 1.165) is 11.5 Å². The summed E-state index contributed by atoms with van der Waals surface area (Å²) in [7, 11) is 3.41. The highest BCUT2D eigenvalue weighted by molar-refractivity contribution is 5.21. The van der Waals surface area contributed by atoms with E-state index >= 15 is 0 Å². The molecule has 2 aromatic heterocycles. The van der Waals surface area contributed by atoms with Gasteiger partial charge in [-0.15, -0.1) is 10.2 Å². The number of furan rings is 1. The molecule has 0 saturated heterocycles. The van der Waals surface area contributed by atoms with Gasteiger partial charge in [-0.3, -0.25) is 0 Å². The van der Waals surface area contributed by atoms with Gasteiger partial charge in [0.05, 0.1) is 19.1 Å². The topological polar surface area (TPSA) is 60.2 Å². The van der Waals surface area contributed by atoms with Gasteiger partial charge in [-0.05, 0) is 25.2 Å². The fourth-order valence-electron chi connectivity index (χ4n) is 1.48. The van der Waals surface area contributed by atoms with Gasteiger partial charge in [0, 0.05) is 6.07 Å². The van der Waals surface area contributed by atoms with Crippen LogP contribution in [-0.2, 0) is 0 Å². The predicted octanol–water partition coefficient (Wildman–Crippen LogP) is 1.39. The number of hydrogen-bond donors (Lipinski definition) is 1. The van der Waals surface area contributed by atoms with E-state index in [4.69, 9.17) is 9.15 Å². The lowest BCUT2D eigenvalue weighted by Gasteiger charge is -2.12. The van der Waals surface area contributed by atoms with Gasteiger partial charge in [0.15, 0.2) is 0 Å². The minimum absolute atomic E-state index is 0.0894. The Bertz CT molecular complexity index is 425. The molecule has 2 heterocycles. The maximum absolute atomic E-state index is 5.34. The van der Waals surface area contributed by atoms with E-state index in [0.29, 0.717) is 5.88 Å². The summed E-state index contributed by atoms with van der Waals surface area (Å²) in [5.41, 5.74) is 0.790. The number of rotatable bonds is 4. The lowest BCUT2D eigenvalue weighted by Crippen LogP contribution is -2.18. The summed E-state index contributed by atoms with van der Waals surface area (Å²) >= 11 is 0. The monoisotopic (exact) mass is 219 g/mol. The SMILES string of the molecule is CNC(c1ccc(OC)nn1)c1ccco1. The van der Waals surface area contributed by atoms with Gasteiger partial charge < -0.3 is 14.5 Å². The summed E-state index contributed by atoms with van der Waals surface area (Å²) in [6.07, 6.45) is 1.64. The van der Waals surface area contributed by atoms with Gasteiger partial charge in [-0.25, -0.2) is 0 Å². The van der Waals surface area contributed by atoms with Crippen LogP contribution >= 0.6 is 0 Å². The van der Waals surface area contributed by atoms with Gasteiger partial charge in [-0.1, -0.05) is 0 Å². The largest absolute Gasteiger partial charge is 0.480 e. The molecule has 84 valence electrons. The average Bonchev–Trinajstić information content (AvgIpc) is 2.85. The summed E-state index contributed by atoms with van der Waals surface area (Å²) in [5, 5.41) is 11.1. The molecule has 2 rings (SSSR count). The summed E-state index contributed by atoms with van der Waals surface area (Å²) in [6.45, 7) is 0. The molecule has 0 radical (unpaired) electrons. The summed E-state index contributed by atoms with van der Waals surface area (Å²) < 4.78 is 10.3. The van der Waals surface area contributed by atoms with Crippen molar-refractivity contribution in [3.63, 3.8) is 0 Å². The third-order valence-electron chi connectivity index (χ3n) is 2.28. The zero-order chi connectivity index (χ0) is 11.4. The van der Waals surface area contributed by atoms with Gasteiger partial charge in [0.2, 0.25) is 5.88 Å². The lowest BCUT2D eigenvalue weighted by molar-refractivity contribution is 0.388. The lowest BCUT2D eigenvalue weighted by atomic mass is 10.1. The molecule has 0 saturated carbocycles. The van der Waals surface area contributed by atoms with Gasteiger partial charge in [0.1, 0.15) is 11.8 Å². The van der Waals surface area contributed by atoms with Crippen molar-refractivity contribution in [2.75, 3.05) is 14.2 Å². The number of hydrogen-bond acceptors (Lipinski definition) is 5. The third kappa shape index (κ3) is 2.04. The maximum atomic E-state index is 5.34. The molecule has 1 N–H and O–H groups in total. The van der Waals surface area contributed by atoms with Gasteiger partial charge >= 0.3 is 0 Å². The molecule has 2 aromatic rings. The number of nitrogens with zero attached hydrogens (tertiary/aromatic N) is 2. The van der Waals surface area contributed by atoms with Crippen molar-refractivity contribution in [2.45, 2.75) is 6.04 Å². The van der Waals surface area contributed by atoms with Gasteiger partial charge in [-0.2, -0.15) is 0 Å². The molecule has 0 fully saturated rings. The molecule has 0 bridgehead atoms. The van der Waals surface area contributed by atoms with E-state index < -0.39 is 0 Å². The highest BCUT2D eigenvalue weighted by atomic mass is 16.5. The van der Waals surface area contributed by atoms with Crippen molar-refractivity contribution in [3.8, 4) is 5.88 Å². The van der Waals surface area contributed by atoms with E-state index in [1.165, 1.54) is 0 Å². The van der Waals surface area contributed by atoms with Crippen LogP contribution in [0.25, 0.3) is 0 Å². The first kappa shape index (κ1) is 10.6. The molecule has 1 unspecified atom stereocenters. The molecule has 0 aliphatic rings. The normalized spacial score (nSPS) is 12.4. The quantitative estimate of drug-likeness (QED) is 0.841. The fraction of sp³-hybridized carbons (Fsp3) is 0.273. The highest BCUT2D eigenvalue weighted by Gasteiger charge is 2.16. The van der Waals surface area contributed by atoms with Crippen LogP contribution in [0.2, 0.25) is 0 Å². The van der Waals surface area contributed by atoms with Crippen LogP contribution < -0.4 is 10.1 Å². The summed E-state index contributed by atoms with van der Waals surface area (Å²) in [6, 6.07) is 7.28. The number of methoxy groups -OCH3 is 1. The smallest absolute Gasteiger partial charge is 0.233 e. The maximum Gasteiger partial charge on any atom is 0.233 e. The minimum Gasteiger partial charge on any atom is -0.480 e. The molecule has 0 aliphatic carbocycles. The van der Waals surface area contributed by atoms with Crippen molar-refractivity contribution in [3.05, 3.63) is 42.0 Å². The predicted molar refractivity (Wildman–Crippen MR) is 58.2 cm³/mol. The Labute approximate surface area is 93.4 Å².